The summed E-state index contributed by atoms with van der Waals surface area (Å²) in [6.45, 7) is 12.1. The molecule has 0 rings (SSSR count). The van der Waals surface area contributed by atoms with E-state index < -0.39 is 8.53 Å². The Labute approximate surface area is 184 Å². The predicted molar refractivity (Wildman–Crippen MR) is 129 cm³/mol. The average molecular weight is 451 g/mol. The van der Waals surface area contributed by atoms with Gasteiger partial charge in [-0.15, -0.1) is 0 Å². The summed E-state index contributed by atoms with van der Waals surface area (Å²) >= 11 is 0. The standard InChI is InChI=1S/C21H43N2O2PS2/c1-6-7-8-12-18-27-28-19-13-10-9-11-16-24-26(25-17-14-15-22)23(20(2)3)21(4)5/h20-21H,6-14,16-19H2,1-5H3. The molecule has 28 heavy (non-hydrogen) atoms. The van der Waals surface area contributed by atoms with Crippen molar-refractivity contribution in [3.05, 3.63) is 0 Å². The first-order chi connectivity index (χ1) is 13.5. The summed E-state index contributed by atoms with van der Waals surface area (Å²) in [5.41, 5.74) is 0. The molecular weight excluding hydrogens is 407 g/mol. The molecule has 0 aliphatic heterocycles. The van der Waals surface area contributed by atoms with E-state index in [1.54, 1.807) is 0 Å². The molecule has 0 aromatic heterocycles. The maximum absolute atomic E-state index is 8.75. The summed E-state index contributed by atoms with van der Waals surface area (Å²) in [4.78, 5) is 0. The lowest BCUT2D eigenvalue weighted by Crippen LogP contribution is -2.33. The zero-order valence-corrected chi connectivity index (χ0v) is 21.3. The van der Waals surface area contributed by atoms with Gasteiger partial charge in [-0.25, -0.2) is 4.67 Å². The van der Waals surface area contributed by atoms with Crippen LogP contribution in [0.3, 0.4) is 0 Å². The van der Waals surface area contributed by atoms with Crippen molar-refractivity contribution in [2.75, 3.05) is 24.7 Å². The van der Waals surface area contributed by atoms with Gasteiger partial charge in [0.1, 0.15) is 0 Å². The second kappa shape index (κ2) is 20.8. The van der Waals surface area contributed by atoms with Gasteiger partial charge in [-0.3, -0.25) is 0 Å². The monoisotopic (exact) mass is 450 g/mol. The van der Waals surface area contributed by atoms with Crippen LogP contribution in [0.4, 0.5) is 0 Å². The Morgan fingerprint density at radius 3 is 1.89 bits per heavy atom. The number of nitriles is 1. The van der Waals surface area contributed by atoms with Gasteiger partial charge in [-0.1, -0.05) is 60.6 Å². The molecule has 0 aliphatic carbocycles. The molecule has 4 nitrogen and oxygen atoms in total. The molecule has 0 bridgehead atoms. The molecule has 0 spiro atoms. The van der Waals surface area contributed by atoms with E-state index in [0.29, 0.717) is 25.1 Å². The zero-order valence-electron chi connectivity index (χ0n) is 18.8. The van der Waals surface area contributed by atoms with Crippen LogP contribution in [0.1, 0.15) is 92.4 Å². The molecule has 0 fully saturated rings. The quantitative estimate of drug-likeness (QED) is 0.107. The normalized spacial score (nSPS) is 12.8. The molecule has 166 valence electrons. The van der Waals surface area contributed by atoms with E-state index in [0.717, 1.165) is 13.0 Å². The zero-order chi connectivity index (χ0) is 21.0. The maximum atomic E-state index is 8.75. The number of hydrogen-bond donors (Lipinski definition) is 0. The fourth-order valence-corrected chi connectivity index (χ4v) is 6.70. The third kappa shape index (κ3) is 16.3. The van der Waals surface area contributed by atoms with E-state index in [1.807, 2.05) is 21.6 Å². The maximum Gasteiger partial charge on any atom is 0.259 e. The van der Waals surface area contributed by atoms with Crippen LogP contribution >= 0.6 is 30.1 Å². The molecule has 0 N–H and O–H groups in total. The fraction of sp³-hybridized carbons (Fsp3) is 0.952. The Bertz CT molecular complexity index is 374. The topological polar surface area (TPSA) is 45.5 Å². The first-order valence-corrected chi connectivity index (χ1v) is 14.6. The van der Waals surface area contributed by atoms with Gasteiger partial charge in [0.2, 0.25) is 0 Å². The Balaban J connectivity index is 3.82. The molecule has 0 aliphatic rings. The summed E-state index contributed by atoms with van der Waals surface area (Å²) < 4.78 is 14.3. The molecule has 0 aromatic carbocycles. The minimum Gasteiger partial charge on any atom is -0.322 e. The van der Waals surface area contributed by atoms with E-state index in [-0.39, 0.29) is 0 Å². The van der Waals surface area contributed by atoms with E-state index in [2.05, 4.69) is 45.4 Å². The van der Waals surface area contributed by atoms with Crippen molar-refractivity contribution in [2.24, 2.45) is 0 Å². The lowest BCUT2D eigenvalue weighted by Gasteiger charge is -2.35. The number of hydrogen-bond acceptors (Lipinski definition) is 6. The van der Waals surface area contributed by atoms with Crippen molar-refractivity contribution >= 4 is 30.1 Å². The highest BCUT2D eigenvalue weighted by Gasteiger charge is 2.26. The molecule has 0 saturated heterocycles. The van der Waals surface area contributed by atoms with Crippen LogP contribution in [-0.2, 0) is 9.05 Å². The van der Waals surface area contributed by atoms with Gasteiger partial charge < -0.3 is 9.05 Å². The molecular formula is C21H43N2O2PS2. The van der Waals surface area contributed by atoms with Crippen molar-refractivity contribution in [1.82, 2.24) is 4.67 Å². The van der Waals surface area contributed by atoms with Gasteiger partial charge in [-0.2, -0.15) is 5.26 Å². The largest absolute Gasteiger partial charge is 0.322 e. The summed E-state index contributed by atoms with van der Waals surface area (Å²) in [5, 5.41) is 8.75. The molecule has 1 unspecified atom stereocenters. The van der Waals surface area contributed by atoms with Crippen molar-refractivity contribution in [3.8, 4) is 6.07 Å². The van der Waals surface area contributed by atoms with Crippen LogP contribution in [0.2, 0.25) is 0 Å². The molecule has 1 atom stereocenters. The summed E-state index contributed by atoms with van der Waals surface area (Å²) in [6.07, 6.45) is 10.7. The molecule has 0 aromatic rings. The van der Waals surface area contributed by atoms with E-state index in [1.165, 1.54) is 56.5 Å². The predicted octanol–water partition coefficient (Wildman–Crippen LogP) is 7.80. The Hall–Kier alpha value is 0.500. The van der Waals surface area contributed by atoms with Crippen molar-refractivity contribution in [2.45, 2.75) is 104 Å². The van der Waals surface area contributed by atoms with Crippen molar-refractivity contribution in [1.29, 1.82) is 5.26 Å². The van der Waals surface area contributed by atoms with Crippen LogP contribution < -0.4 is 0 Å². The second-order valence-electron chi connectivity index (χ2n) is 7.50. The van der Waals surface area contributed by atoms with Crippen molar-refractivity contribution in [3.63, 3.8) is 0 Å². The third-order valence-electron chi connectivity index (χ3n) is 4.15. The highest BCUT2D eigenvalue weighted by Crippen LogP contribution is 2.46. The summed E-state index contributed by atoms with van der Waals surface area (Å²) in [5.74, 6) is 2.56. The van der Waals surface area contributed by atoms with Crippen LogP contribution in [0.5, 0.6) is 0 Å². The Kier molecular flexibility index (Phi) is 21.1. The first kappa shape index (κ1) is 28.5. The van der Waals surface area contributed by atoms with Gasteiger partial charge in [0.05, 0.1) is 25.7 Å². The highest BCUT2D eigenvalue weighted by atomic mass is 33.1. The van der Waals surface area contributed by atoms with Crippen LogP contribution in [-0.4, -0.2) is 41.5 Å². The Morgan fingerprint density at radius 1 is 0.821 bits per heavy atom. The lowest BCUT2D eigenvalue weighted by molar-refractivity contribution is 0.174. The van der Waals surface area contributed by atoms with Crippen molar-refractivity contribution < 1.29 is 9.05 Å². The Morgan fingerprint density at radius 2 is 1.36 bits per heavy atom. The number of rotatable bonds is 20. The second-order valence-corrected chi connectivity index (χ2v) is 11.7. The van der Waals surface area contributed by atoms with Gasteiger partial charge in [-0.05, 0) is 47.0 Å². The molecule has 0 amide bonds. The van der Waals surface area contributed by atoms with E-state index >= 15 is 0 Å². The molecule has 0 radical (unpaired) electrons. The van der Waals surface area contributed by atoms with Gasteiger partial charge in [0.15, 0.2) is 0 Å². The smallest absolute Gasteiger partial charge is 0.259 e. The number of nitrogens with zero attached hydrogens (tertiary/aromatic N) is 2. The molecule has 0 saturated carbocycles. The highest BCUT2D eigenvalue weighted by molar-refractivity contribution is 8.76. The van der Waals surface area contributed by atoms with Crippen LogP contribution in [0, 0.1) is 11.3 Å². The van der Waals surface area contributed by atoms with E-state index in [9.17, 15) is 0 Å². The fourth-order valence-electron chi connectivity index (χ4n) is 2.78. The lowest BCUT2D eigenvalue weighted by atomic mass is 10.2. The minimum atomic E-state index is -1.08. The number of unbranched alkanes of at least 4 members (excludes halogenated alkanes) is 6. The molecule has 0 heterocycles. The average Bonchev–Trinajstić information content (AvgIpc) is 2.64. The summed E-state index contributed by atoms with van der Waals surface area (Å²) in [6, 6.07) is 2.88. The van der Waals surface area contributed by atoms with Gasteiger partial charge >= 0.3 is 0 Å². The molecule has 7 heteroatoms. The van der Waals surface area contributed by atoms with Gasteiger partial charge in [0.25, 0.3) is 8.53 Å². The summed E-state index contributed by atoms with van der Waals surface area (Å²) in [7, 11) is 3.00. The van der Waals surface area contributed by atoms with E-state index in [4.69, 9.17) is 14.3 Å². The van der Waals surface area contributed by atoms with Crippen LogP contribution in [0.25, 0.3) is 0 Å². The minimum absolute atomic E-state index is 0.365. The SMILES string of the molecule is CCCCCCSSCCCCCCOP(OCCC#N)N(C(C)C)C(C)C. The van der Waals surface area contributed by atoms with Gasteiger partial charge in [0, 0.05) is 23.6 Å². The first-order valence-electron chi connectivity index (χ1n) is 11.0. The third-order valence-corrected chi connectivity index (χ3v) is 8.84. The van der Waals surface area contributed by atoms with Crippen LogP contribution in [0.15, 0.2) is 0 Å².